The minimum absolute atomic E-state index is 0.441. The van der Waals surface area contributed by atoms with E-state index in [1.165, 1.54) is 5.70 Å². The summed E-state index contributed by atoms with van der Waals surface area (Å²) >= 11 is 1.66. The lowest BCUT2D eigenvalue weighted by Crippen LogP contribution is -2.26. The Hall–Kier alpha value is -6.64. The zero-order chi connectivity index (χ0) is 35.0. The summed E-state index contributed by atoms with van der Waals surface area (Å²) in [6.07, 6.45) is 5.24. The molecule has 0 amide bonds. The number of oxazole rings is 1. The fourth-order valence-electron chi connectivity index (χ4n) is 7.49. The van der Waals surface area contributed by atoms with Crippen LogP contribution in [-0.2, 0) is 0 Å². The van der Waals surface area contributed by atoms with Crippen LogP contribution in [-0.4, -0.2) is 9.97 Å². The van der Waals surface area contributed by atoms with Crippen molar-refractivity contribution < 1.29 is 13.9 Å². The first-order valence-electron chi connectivity index (χ1n) is 17.7. The topological polar surface area (TPSA) is 63.9 Å². The molecule has 0 bridgehead atoms. The highest BCUT2D eigenvalue weighted by Crippen LogP contribution is 2.50. The van der Waals surface area contributed by atoms with E-state index in [2.05, 4.69) is 108 Å². The van der Waals surface area contributed by atoms with E-state index in [9.17, 15) is 0 Å². The molecule has 11 rings (SSSR count). The lowest BCUT2D eigenvalue weighted by molar-refractivity contribution is 0.414. The maximum Gasteiger partial charge on any atom is 0.227 e. The maximum atomic E-state index is 6.33. The van der Waals surface area contributed by atoms with Gasteiger partial charge in [-0.15, -0.1) is 11.3 Å². The highest BCUT2D eigenvalue weighted by molar-refractivity contribution is 7.21. The first-order valence-corrected chi connectivity index (χ1v) is 18.5. The molecule has 8 heteroatoms. The molecule has 1 atom stereocenters. The number of rotatable bonds is 4. The Morgan fingerprint density at radius 2 is 1.23 bits per heavy atom. The van der Waals surface area contributed by atoms with Gasteiger partial charge in [-0.3, -0.25) is 0 Å². The number of para-hydroxylation sites is 6. The molecule has 0 saturated heterocycles. The smallest absolute Gasteiger partial charge is 0.227 e. The number of nitrogens with zero attached hydrogens (tertiary/aromatic N) is 4. The molecular formula is C45H30N4O3S. The molecule has 0 saturated carbocycles. The Balaban J connectivity index is 0.881. The van der Waals surface area contributed by atoms with Crippen molar-refractivity contribution in [1.29, 1.82) is 0 Å². The number of anilines is 5. The van der Waals surface area contributed by atoms with E-state index in [-0.39, 0.29) is 0 Å². The van der Waals surface area contributed by atoms with Crippen LogP contribution < -0.4 is 19.3 Å². The van der Waals surface area contributed by atoms with E-state index in [0.717, 1.165) is 89.7 Å². The molecular weight excluding hydrogens is 677 g/mol. The van der Waals surface area contributed by atoms with E-state index in [1.807, 2.05) is 54.6 Å². The molecule has 254 valence electrons. The van der Waals surface area contributed by atoms with Crippen LogP contribution in [0.25, 0.3) is 43.3 Å². The van der Waals surface area contributed by atoms with E-state index in [0.29, 0.717) is 17.4 Å². The Bertz CT molecular complexity index is 2700. The molecule has 6 aromatic carbocycles. The number of fused-ring (bicyclic) bond motifs is 5. The Kier molecular flexibility index (Phi) is 6.63. The number of ether oxygens (including phenoxy) is 2. The Morgan fingerprint density at radius 1 is 0.623 bits per heavy atom. The average Bonchev–Trinajstić information content (AvgIpc) is 3.82. The first kappa shape index (κ1) is 30.0. The highest BCUT2D eigenvalue weighted by Gasteiger charge is 2.30. The number of aromatic nitrogens is 2. The van der Waals surface area contributed by atoms with Crippen molar-refractivity contribution in [2.45, 2.75) is 13.3 Å². The summed E-state index contributed by atoms with van der Waals surface area (Å²) in [6, 6.07) is 45.5. The predicted octanol–water partition coefficient (Wildman–Crippen LogP) is 12.7. The minimum Gasteiger partial charge on any atom is -0.453 e. The van der Waals surface area contributed by atoms with Crippen molar-refractivity contribution in [3.8, 4) is 39.3 Å². The standard InChI is InChI=1S/C45H30N4O3S/c1-27-14-23-41-37(24-27)49(36-10-4-7-13-40(36)51-41)31-21-17-29(18-22-31)45-47-33-25-42-32(26-43(33)53-45)46-44(52-42)28-15-19-30(20-16-28)48-34-8-2-5-11-38(34)50-39-12-6-3-9-35(39)48/h2-23,25-27H,24H2,1H3. The van der Waals surface area contributed by atoms with Gasteiger partial charge in [-0.2, -0.15) is 0 Å². The molecule has 0 fully saturated rings. The lowest BCUT2D eigenvalue weighted by atomic mass is 9.96. The summed E-state index contributed by atoms with van der Waals surface area (Å²) in [6.45, 7) is 2.24. The molecule has 1 unspecified atom stereocenters. The molecule has 8 aromatic rings. The van der Waals surface area contributed by atoms with Gasteiger partial charge in [0.2, 0.25) is 5.89 Å². The monoisotopic (exact) mass is 706 g/mol. The molecule has 2 aromatic heterocycles. The summed E-state index contributed by atoms with van der Waals surface area (Å²) in [5.74, 6) is 4.45. The van der Waals surface area contributed by atoms with Crippen LogP contribution in [0.2, 0.25) is 0 Å². The molecule has 7 nitrogen and oxygen atoms in total. The summed E-state index contributed by atoms with van der Waals surface area (Å²) in [5.41, 5.74) is 10.7. The fourth-order valence-corrected chi connectivity index (χ4v) is 8.47. The molecule has 0 radical (unpaired) electrons. The molecule has 1 aliphatic carbocycles. The van der Waals surface area contributed by atoms with Gasteiger partial charge in [0, 0.05) is 28.6 Å². The van der Waals surface area contributed by atoms with Gasteiger partial charge < -0.3 is 23.7 Å². The van der Waals surface area contributed by atoms with E-state index < -0.39 is 0 Å². The lowest BCUT2D eigenvalue weighted by Gasteiger charge is -2.36. The zero-order valence-corrected chi connectivity index (χ0v) is 29.4. The fraction of sp³-hybridized carbons (Fsp3) is 0.0667. The minimum atomic E-state index is 0.441. The quantitative estimate of drug-likeness (QED) is 0.180. The Labute approximate surface area is 309 Å². The maximum absolute atomic E-state index is 6.33. The summed E-state index contributed by atoms with van der Waals surface area (Å²) in [4.78, 5) is 14.5. The van der Waals surface area contributed by atoms with Gasteiger partial charge >= 0.3 is 0 Å². The van der Waals surface area contributed by atoms with Gasteiger partial charge in [0.25, 0.3) is 0 Å². The van der Waals surface area contributed by atoms with E-state index in [4.69, 9.17) is 23.9 Å². The van der Waals surface area contributed by atoms with Crippen LogP contribution in [0.4, 0.5) is 28.4 Å². The van der Waals surface area contributed by atoms with Crippen molar-refractivity contribution in [2.75, 3.05) is 9.80 Å². The second kappa shape index (κ2) is 11.7. The summed E-state index contributed by atoms with van der Waals surface area (Å²) in [5, 5.41) is 0.956. The van der Waals surface area contributed by atoms with Crippen LogP contribution >= 0.6 is 11.3 Å². The number of hydrogen-bond acceptors (Lipinski definition) is 8. The summed E-state index contributed by atoms with van der Waals surface area (Å²) < 4.78 is 19.9. The number of hydrogen-bond donors (Lipinski definition) is 0. The Morgan fingerprint density at radius 3 is 1.92 bits per heavy atom. The van der Waals surface area contributed by atoms with Crippen LogP contribution in [0.15, 0.2) is 161 Å². The van der Waals surface area contributed by atoms with Gasteiger partial charge in [0.15, 0.2) is 22.8 Å². The van der Waals surface area contributed by atoms with Crippen LogP contribution in [0.5, 0.6) is 17.2 Å². The van der Waals surface area contributed by atoms with Crippen molar-refractivity contribution in [3.05, 3.63) is 157 Å². The second-order valence-corrected chi connectivity index (χ2v) is 14.6. The van der Waals surface area contributed by atoms with E-state index >= 15 is 0 Å². The van der Waals surface area contributed by atoms with Gasteiger partial charge in [-0.1, -0.05) is 49.4 Å². The molecule has 2 aliphatic heterocycles. The van der Waals surface area contributed by atoms with Gasteiger partial charge in [0.05, 0.1) is 33.0 Å². The first-order chi connectivity index (χ1) is 26.1. The molecule has 0 spiro atoms. The molecule has 4 heterocycles. The third-order valence-electron chi connectivity index (χ3n) is 10.0. The second-order valence-electron chi connectivity index (χ2n) is 13.5. The zero-order valence-electron chi connectivity index (χ0n) is 28.6. The van der Waals surface area contributed by atoms with Crippen LogP contribution in [0.3, 0.4) is 0 Å². The highest BCUT2D eigenvalue weighted by atomic mass is 32.1. The molecule has 53 heavy (non-hydrogen) atoms. The molecule has 3 aliphatic rings. The number of thiazole rings is 1. The van der Waals surface area contributed by atoms with E-state index in [1.54, 1.807) is 11.3 Å². The van der Waals surface area contributed by atoms with Crippen molar-refractivity contribution in [2.24, 2.45) is 5.92 Å². The van der Waals surface area contributed by atoms with Gasteiger partial charge in [-0.25, -0.2) is 9.97 Å². The van der Waals surface area contributed by atoms with Crippen LogP contribution in [0, 0.1) is 5.92 Å². The molecule has 0 N–H and O–H groups in total. The van der Waals surface area contributed by atoms with Crippen molar-refractivity contribution in [3.63, 3.8) is 0 Å². The van der Waals surface area contributed by atoms with Gasteiger partial charge in [0.1, 0.15) is 16.3 Å². The van der Waals surface area contributed by atoms with Crippen LogP contribution in [0.1, 0.15) is 13.3 Å². The van der Waals surface area contributed by atoms with Crippen molar-refractivity contribution in [1.82, 2.24) is 9.97 Å². The predicted molar refractivity (Wildman–Crippen MR) is 212 cm³/mol. The SMILES string of the molecule is CC1C=CC2=C(C1)N(c1ccc(-c3nc4cc5oc(-c6ccc(N7c8ccccc8Oc8ccccc87)cc6)nc5cc4s3)cc1)c1ccccc1O2. The number of benzene rings is 6. The van der Waals surface area contributed by atoms with Gasteiger partial charge in [-0.05, 0) is 109 Å². The third kappa shape index (κ3) is 4.94. The normalized spacial score (nSPS) is 15.8. The van der Waals surface area contributed by atoms with Crippen molar-refractivity contribution >= 4 is 61.1 Å². The third-order valence-corrected chi connectivity index (χ3v) is 11.1. The largest absolute Gasteiger partial charge is 0.453 e. The number of allylic oxidation sites excluding steroid dienone is 3. The summed E-state index contributed by atoms with van der Waals surface area (Å²) in [7, 11) is 0. The average molecular weight is 707 g/mol.